The summed E-state index contributed by atoms with van der Waals surface area (Å²) in [5.74, 6) is 2.37. The minimum Gasteiger partial charge on any atom is -0.303 e. The van der Waals surface area contributed by atoms with Gasteiger partial charge in [-0.25, -0.2) is 4.21 Å². The van der Waals surface area contributed by atoms with Crippen molar-refractivity contribution in [3.8, 4) is 0 Å². The van der Waals surface area contributed by atoms with Crippen molar-refractivity contribution in [2.24, 2.45) is 17.8 Å². The van der Waals surface area contributed by atoms with Crippen LogP contribution in [0.15, 0.2) is 18.2 Å². The number of hydrogen-bond donors (Lipinski definition) is 1. The Balaban J connectivity index is 1.59. The maximum Gasteiger partial charge on any atom is 0.123 e. The summed E-state index contributed by atoms with van der Waals surface area (Å²) in [5, 5.41) is 0.974. The van der Waals surface area contributed by atoms with Gasteiger partial charge >= 0.3 is 0 Å². The molecule has 0 spiro atoms. The lowest BCUT2D eigenvalue weighted by Gasteiger charge is -2.55. The van der Waals surface area contributed by atoms with Crippen molar-refractivity contribution in [1.29, 1.82) is 0 Å². The van der Waals surface area contributed by atoms with E-state index < -0.39 is 11.0 Å². The highest BCUT2D eigenvalue weighted by Crippen LogP contribution is 2.58. The fraction of sp³-hybridized carbons (Fsp3) is 0.625. The number of rotatable bonds is 3. The fourth-order valence-electron chi connectivity index (χ4n) is 5.05. The Morgan fingerprint density at radius 2 is 1.62 bits per heavy atom. The Bertz CT molecular complexity index is 569. The van der Waals surface area contributed by atoms with Gasteiger partial charge in [0.05, 0.1) is 20.5 Å². The van der Waals surface area contributed by atoms with Crippen LogP contribution in [0.25, 0.3) is 0 Å². The Morgan fingerprint density at radius 1 is 1.05 bits per heavy atom. The molecule has 0 aromatic heterocycles. The first-order chi connectivity index (χ1) is 10.1. The molecule has 21 heavy (non-hydrogen) atoms. The molecule has 4 bridgehead atoms. The van der Waals surface area contributed by atoms with Crippen LogP contribution < -0.4 is 4.72 Å². The predicted molar refractivity (Wildman–Crippen MR) is 89.1 cm³/mol. The number of anilines is 1. The average molecular weight is 344 g/mol. The first kappa shape index (κ1) is 14.3. The van der Waals surface area contributed by atoms with Gasteiger partial charge < -0.3 is 4.72 Å². The lowest BCUT2D eigenvalue weighted by Crippen LogP contribution is -2.54. The van der Waals surface area contributed by atoms with Crippen LogP contribution >= 0.6 is 23.2 Å². The molecule has 5 heteroatoms. The van der Waals surface area contributed by atoms with Crippen molar-refractivity contribution < 1.29 is 4.21 Å². The maximum atomic E-state index is 13.0. The molecule has 4 aliphatic carbocycles. The summed E-state index contributed by atoms with van der Waals surface area (Å²) >= 11 is 12.3. The van der Waals surface area contributed by atoms with E-state index in [9.17, 15) is 4.21 Å². The third-order valence-electron chi connectivity index (χ3n) is 5.53. The van der Waals surface area contributed by atoms with Crippen LogP contribution in [0.4, 0.5) is 5.69 Å². The van der Waals surface area contributed by atoms with Gasteiger partial charge in [0.1, 0.15) is 11.0 Å². The second-order valence-corrected chi connectivity index (χ2v) is 9.47. The van der Waals surface area contributed by atoms with E-state index in [0.717, 1.165) is 37.0 Å². The highest BCUT2D eigenvalue weighted by molar-refractivity contribution is 7.87. The molecule has 0 unspecified atom stereocenters. The van der Waals surface area contributed by atoms with Crippen LogP contribution in [-0.2, 0) is 11.0 Å². The first-order valence-corrected chi connectivity index (χ1v) is 9.59. The van der Waals surface area contributed by atoms with E-state index in [2.05, 4.69) is 4.72 Å². The van der Waals surface area contributed by atoms with Gasteiger partial charge in [-0.1, -0.05) is 29.3 Å². The van der Waals surface area contributed by atoms with E-state index in [4.69, 9.17) is 23.2 Å². The molecule has 4 saturated carbocycles. The molecule has 1 aromatic rings. The third kappa shape index (κ3) is 2.42. The Kier molecular flexibility index (Phi) is 3.51. The van der Waals surface area contributed by atoms with Crippen LogP contribution in [0.3, 0.4) is 0 Å². The SMILES string of the molecule is O=[S@@](Nc1cccc(Cl)c1Cl)C12CC3CC(CC(C3)C1)C2. The van der Waals surface area contributed by atoms with E-state index >= 15 is 0 Å². The summed E-state index contributed by atoms with van der Waals surface area (Å²) in [5.41, 5.74) is 0.693. The number of hydrogen-bond acceptors (Lipinski definition) is 1. The van der Waals surface area contributed by atoms with E-state index in [1.165, 1.54) is 19.3 Å². The minimum absolute atomic E-state index is 0.0413. The quantitative estimate of drug-likeness (QED) is 0.818. The smallest absolute Gasteiger partial charge is 0.123 e. The van der Waals surface area contributed by atoms with E-state index in [1.54, 1.807) is 6.07 Å². The minimum atomic E-state index is -1.09. The summed E-state index contributed by atoms with van der Waals surface area (Å²) in [4.78, 5) is 0. The molecule has 1 atom stereocenters. The first-order valence-electron chi connectivity index (χ1n) is 7.68. The lowest BCUT2D eigenvalue weighted by atomic mass is 9.56. The average Bonchev–Trinajstić information content (AvgIpc) is 2.42. The molecule has 0 amide bonds. The third-order valence-corrected chi connectivity index (χ3v) is 8.04. The molecule has 4 fully saturated rings. The number of nitrogens with one attached hydrogen (secondary N) is 1. The van der Waals surface area contributed by atoms with Crippen molar-refractivity contribution in [2.45, 2.75) is 43.3 Å². The number of benzene rings is 1. The maximum absolute atomic E-state index is 13.0. The fourth-order valence-corrected chi connectivity index (χ4v) is 7.20. The molecular formula is C16H19Cl2NOS. The van der Waals surface area contributed by atoms with E-state index in [1.807, 2.05) is 12.1 Å². The van der Waals surface area contributed by atoms with Crippen LogP contribution in [0.5, 0.6) is 0 Å². The van der Waals surface area contributed by atoms with Gasteiger partial charge in [-0.3, -0.25) is 0 Å². The van der Waals surface area contributed by atoms with Gasteiger partial charge in [-0.2, -0.15) is 0 Å². The Hall–Kier alpha value is -0.250. The summed E-state index contributed by atoms with van der Waals surface area (Å²) in [7, 11) is -1.09. The monoisotopic (exact) mass is 343 g/mol. The second kappa shape index (κ2) is 5.14. The zero-order chi connectivity index (χ0) is 14.6. The molecule has 0 aliphatic heterocycles. The molecule has 114 valence electrons. The van der Waals surface area contributed by atoms with Gasteiger partial charge in [0.15, 0.2) is 0 Å². The van der Waals surface area contributed by atoms with Gasteiger partial charge in [0.2, 0.25) is 0 Å². The zero-order valence-corrected chi connectivity index (χ0v) is 14.1. The Labute approximate surface area is 138 Å². The Morgan fingerprint density at radius 3 is 2.19 bits per heavy atom. The topological polar surface area (TPSA) is 29.1 Å². The molecule has 2 nitrogen and oxygen atoms in total. The lowest BCUT2D eigenvalue weighted by molar-refractivity contribution is 0.0363. The molecule has 4 aliphatic rings. The second-order valence-electron chi connectivity index (χ2n) is 7.07. The van der Waals surface area contributed by atoms with Crippen LogP contribution in [0, 0.1) is 17.8 Å². The molecule has 1 aromatic carbocycles. The van der Waals surface area contributed by atoms with Crippen molar-refractivity contribution in [1.82, 2.24) is 0 Å². The van der Waals surface area contributed by atoms with Crippen molar-refractivity contribution in [3.63, 3.8) is 0 Å². The number of halogens is 2. The molecule has 5 rings (SSSR count). The van der Waals surface area contributed by atoms with Gasteiger partial charge in [-0.05, 0) is 68.4 Å². The molecule has 0 saturated heterocycles. The van der Waals surface area contributed by atoms with Gasteiger partial charge in [0, 0.05) is 0 Å². The summed E-state index contributed by atoms with van der Waals surface area (Å²) in [6, 6.07) is 5.45. The van der Waals surface area contributed by atoms with Crippen molar-refractivity contribution >= 4 is 39.9 Å². The van der Waals surface area contributed by atoms with Crippen LogP contribution in [-0.4, -0.2) is 8.96 Å². The largest absolute Gasteiger partial charge is 0.303 e. The zero-order valence-electron chi connectivity index (χ0n) is 11.8. The van der Waals surface area contributed by atoms with Crippen molar-refractivity contribution in [2.75, 3.05) is 4.72 Å². The molecular weight excluding hydrogens is 325 g/mol. The highest BCUT2D eigenvalue weighted by Gasteiger charge is 2.54. The van der Waals surface area contributed by atoms with Crippen LogP contribution in [0.2, 0.25) is 10.0 Å². The van der Waals surface area contributed by atoms with Gasteiger partial charge in [-0.15, -0.1) is 0 Å². The standard InChI is InChI=1S/C16H19Cl2NOS/c17-13-2-1-3-14(15(13)18)19-21(20)16-7-10-4-11(8-16)6-12(5-10)9-16/h1-3,10-12,19H,4-9H2/t10?,11?,12?,16?,21-/m1/s1. The summed E-state index contributed by atoms with van der Waals surface area (Å²) in [6.07, 6.45) is 7.39. The molecule has 0 radical (unpaired) electrons. The molecule has 1 N–H and O–H groups in total. The van der Waals surface area contributed by atoms with Crippen molar-refractivity contribution in [3.05, 3.63) is 28.2 Å². The molecule has 0 heterocycles. The highest BCUT2D eigenvalue weighted by atomic mass is 35.5. The predicted octanol–water partition coefficient (Wildman–Crippen LogP) is 5.04. The van der Waals surface area contributed by atoms with E-state index in [-0.39, 0.29) is 4.75 Å². The van der Waals surface area contributed by atoms with Crippen LogP contribution in [0.1, 0.15) is 38.5 Å². The summed E-state index contributed by atoms with van der Waals surface area (Å²) < 4.78 is 16.2. The van der Waals surface area contributed by atoms with E-state index in [0.29, 0.717) is 15.7 Å². The van der Waals surface area contributed by atoms with Gasteiger partial charge in [0.25, 0.3) is 0 Å². The summed E-state index contributed by atoms with van der Waals surface area (Å²) in [6.45, 7) is 0. The normalized spacial score (nSPS) is 38.5.